The predicted octanol–water partition coefficient (Wildman–Crippen LogP) is 3.23. The predicted molar refractivity (Wildman–Crippen MR) is 66.0 cm³/mol. The lowest BCUT2D eigenvalue weighted by molar-refractivity contribution is 0.0698. The Morgan fingerprint density at radius 1 is 1.38 bits per heavy atom. The number of aromatic carboxylic acids is 1. The van der Waals surface area contributed by atoms with Gasteiger partial charge >= 0.3 is 5.97 Å². The Hall–Kier alpha value is -1.51. The second-order valence-corrected chi connectivity index (χ2v) is 4.31. The zero-order chi connectivity index (χ0) is 12.0. The van der Waals surface area contributed by atoms with Crippen molar-refractivity contribution in [1.82, 2.24) is 0 Å². The van der Waals surface area contributed by atoms with E-state index in [4.69, 9.17) is 5.11 Å². The molecule has 3 heteroatoms. The highest BCUT2D eigenvalue weighted by Gasteiger charge is 2.07. The minimum atomic E-state index is -0.882. The number of carboxylic acid groups (broad SMARTS) is 1. The summed E-state index contributed by atoms with van der Waals surface area (Å²) < 4.78 is 0. The molecule has 0 atom stereocenters. The highest BCUT2D eigenvalue weighted by Crippen LogP contribution is 2.15. The van der Waals surface area contributed by atoms with Gasteiger partial charge in [-0.3, -0.25) is 0 Å². The van der Waals surface area contributed by atoms with Gasteiger partial charge in [0.15, 0.2) is 0 Å². The molecule has 0 bridgehead atoms. The highest BCUT2D eigenvalue weighted by molar-refractivity contribution is 5.94. The van der Waals surface area contributed by atoms with E-state index in [1.807, 2.05) is 6.07 Å². The third kappa shape index (κ3) is 3.93. The van der Waals surface area contributed by atoms with E-state index in [1.54, 1.807) is 18.2 Å². The summed E-state index contributed by atoms with van der Waals surface area (Å²) in [5.41, 5.74) is 1.05. The van der Waals surface area contributed by atoms with Crippen molar-refractivity contribution in [3.63, 3.8) is 0 Å². The molecule has 0 heterocycles. The van der Waals surface area contributed by atoms with E-state index in [1.165, 1.54) is 0 Å². The van der Waals surface area contributed by atoms with Crippen LogP contribution in [-0.4, -0.2) is 17.6 Å². The third-order valence-corrected chi connectivity index (χ3v) is 2.43. The Labute approximate surface area is 96.5 Å². The molecule has 2 N–H and O–H groups in total. The summed E-state index contributed by atoms with van der Waals surface area (Å²) in [6, 6.07) is 7.01. The summed E-state index contributed by atoms with van der Waals surface area (Å²) in [5, 5.41) is 12.1. The second kappa shape index (κ2) is 6.16. The van der Waals surface area contributed by atoms with Gasteiger partial charge in [-0.1, -0.05) is 26.0 Å². The van der Waals surface area contributed by atoms with Gasteiger partial charge in [0.1, 0.15) is 0 Å². The van der Waals surface area contributed by atoms with Crippen molar-refractivity contribution in [3.8, 4) is 0 Å². The van der Waals surface area contributed by atoms with Crippen LogP contribution in [0.2, 0.25) is 0 Å². The summed E-state index contributed by atoms with van der Waals surface area (Å²) in [6.45, 7) is 5.19. The Morgan fingerprint density at radius 3 is 2.69 bits per heavy atom. The number of carbonyl (C=O) groups is 1. The first-order valence-corrected chi connectivity index (χ1v) is 5.67. The van der Waals surface area contributed by atoms with Gasteiger partial charge in [-0.05, 0) is 30.9 Å². The zero-order valence-electron chi connectivity index (χ0n) is 9.86. The molecule has 0 saturated heterocycles. The summed E-state index contributed by atoms with van der Waals surface area (Å²) in [7, 11) is 0. The fourth-order valence-electron chi connectivity index (χ4n) is 1.56. The second-order valence-electron chi connectivity index (χ2n) is 4.31. The molecule has 1 rings (SSSR count). The number of anilines is 1. The maximum Gasteiger partial charge on any atom is 0.337 e. The first-order valence-electron chi connectivity index (χ1n) is 5.67. The van der Waals surface area contributed by atoms with E-state index >= 15 is 0 Å². The quantitative estimate of drug-likeness (QED) is 0.725. The molecule has 16 heavy (non-hydrogen) atoms. The van der Waals surface area contributed by atoms with Crippen molar-refractivity contribution in [2.45, 2.75) is 26.7 Å². The molecule has 0 fully saturated rings. The maximum atomic E-state index is 10.9. The van der Waals surface area contributed by atoms with Crippen LogP contribution in [0.1, 0.15) is 37.0 Å². The number of benzene rings is 1. The molecule has 0 aliphatic carbocycles. The Balaban J connectivity index is 2.50. The average Bonchev–Trinajstić information content (AvgIpc) is 2.24. The number of hydrogen-bond acceptors (Lipinski definition) is 2. The number of hydrogen-bond donors (Lipinski definition) is 2. The lowest BCUT2D eigenvalue weighted by atomic mass is 10.1. The van der Waals surface area contributed by atoms with Crippen molar-refractivity contribution >= 4 is 11.7 Å². The summed E-state index contributed by atoms with van der Waals surface area (Å²) >= 11 is 0. The Bertz CT molecular complexity index is 348. The molecule has 1 aromatic rings. The number of rotatable bonds is 6. The Kier molecular flexibility index (Phi) is 4.83. The van der Waals surface area contributed by atoms with Crippen LogP contribution < -0.4 is 5.32 Å². The van der Waals surface area contributed by atoms with E-state index in [0.29, 0.717) is 17.2 Å². The summed E-state index contributed by atoms with van der Waals surface area (Å²) in [4.78, 5) is 10.9. The molecule has 1 aromatic carbocycles. The fraction of sp³-hybridized carbons (Fsp3) is 0.462. The minimum Gasteiger partial charge on any atom is -0.478 e. The first kappa shape index (κ1) is 12.6. The van der Waals surface area contributed by atoms with Crippen molar-refractivity contribution in [3.05, 3.63) is 29.8 Å². The largest absolute Gasteiger partial charge is 0.478 e. The average molecular weight is 221 g/mol. The minimum absolute atomic E-state index is 0.340. The molecule has 0 aromatic heterocycles. The maximum absolute atomic E-state index is 10.9. The first-order chi connectivity index (χ1) is 7.61. The van der Waals surface area contributed by atoms with Crippen LogP contribution in [0.4, 0.5) is 5.69 Å². The molecule has 0 aliphatic rings. The molecule has 0 radical (unpaired) electrons. The lowest BCUT2D eigenvalue weighted by Gasteiger charge is -2.10. The van der Waals surface area contributed by atoms with Crippen molar-refractivity contribution < 1.29 is 9.90 Å². The molecule has 0 amide bonds. The van der Waals surface area contributed by atoms with E-state index in [-0.39, 0.29) is 0 Å². The van der Waals surface area contributed by atoms with Gasteiger partial charge in [-0.15, -0.1) is 0 Å². The normalized spacial score (nSPS) is 10.4. The van der Waals surface area contributed by atoms with E-state index in [9.17, 15) is 4.79 Å². The van der Waals surface area contributed by atoms with Gasteiger partial charge in [0.25, 0.3) is 0 Å². The van der Waals surface area contributed by atoms with Crippen molar-refractivity contribution in [2.24, 2.45) is 5.92 Å². The van der Waals surface area contributed by atoms with Gasteiger partial charge in [-0.2, -0.15) is 0 Å². The molecule has 0 aliphatic heterocycles. The van der Waals surface area contributed by atoms with Crippen molar-refractivity contribution in [1.29, 1.82) is 0 Å². The van der Waals surface area contributed by atoms with Crippen LogP contribution in [0.5, 0.6) is 0 Å². The topological polar surface area (TPSA) is 49.3 Å². The van der Waals surface area contributed by atoms with Crippen LogP contribution in [-0.2, 0) is 0 Å². The third-order valence-electron chi connectivity index (χ3n) is 2.43. The Morgan fingerprint density at radius 2 is 2.06 bits per heavy atom. The fourth-order valence-corrected chi connectivity index (χ4v) is 1.56. The zero-order valence-corrected chi connectivity index (χ0v) is 9.86. The van der Waals surface area contributed by atoms with Gasteiger partial charge in [0.2, 0.25) is 0 Å². The van der Waals surface area contributed by atoms with Gasteiger partial charge in [0, 0.05) is 12.2 Å². The lowest BCUT2D eigenvalue weighted by Crippen LogP contribution is -2.08. The van der Waals surface area contributed by atoms with Gasteiger partial charge in [-0.25, -0.2) is 4.79 Å². The number of para-hydroxylation sites is 1. The van der Waals surface area contributed by atoms with E-state index < -0.39 is 5.97 Å². The van der Waals surface area contributed by atoms with Crippen LogP contribution in [0.15, 0.2) is 24.3 Å². The number of nitrogens with one attached hydrogen (secondary N) is 1. The molecular formula is C13H19NO2. The SMILES string of the molecule is CC(C)CCCNc1ccccc1C(=O)O. The van der Waals surface area contributed by atoms with Crippen LogP contribution in [0, 0.1) is 5.92 Å². The monoisotopic (exact) mass is 221 g/mol. The van der Waals surface area contributed by atoms with Gasteiger partial charge in [0.05, 0.1) is 5.56 Å². The molecule has 0 spiro atoms. The standard InChI is InChI=1S/C13H19NO2/c1-10(2)6-5-9-14-12-8-4-3-7-11(12)13(15)16/h3-4,7-8,10,14H,5-6,9H2,1-2H3,(H,15,16). The highest BCUT2D eigenvalue weighted by atomic mass is 16.4. The van der Waals surface area contributed by atoms with Gasteiger partial charge < -0.3 is 10.4 Å². The molecule has 0 unspecified atom stereocenters. The molecule has 88 valence electrons. The van der Waals surface area contributed by atoms with Crippen LogP contribution in [0.25, 0.3) is 0 Å². The molecule has 3 nitrogen and oxygen atoms in total. The molecule has 0 saturated carbocycles. The smallest absolute Gasteiger partial charge is 0.337 e. The van der Waals surface area contributed by atoms with Crippen LogP contribution >= 0.6 is 0 Å². The van der Waals surface area contributed by atoms with Crippen LogP contribution in [0.3, 0.4) is 0 Å². The summed E-state index contributed by atoms with van der Waals surface area (Å²) in [6.07, 6.45) is 2.22. The number of carboxylic acids is 1. The summed E-state index contributed by atoms with van der Waals surface area (Å²) in [5.74, 6) is -0.191. The van der Waals surface area contributed by atoms with E-state index in [2.05, 4.69) is 19.2 Å². The molecular weight excluding hydrogens is 202 g/mol. The van der Waals surface area contributed by atoms with E-state index in [0.717, 1.165) is 19.4 Å². The van der Waals surface area contributed by atoms with Crippen molar-refractivity contribution in [2.75, 3.05) is 11.9 Å².